The van der Waals surface area contributed by atoms with Gasteiger partial charge in [0, 0.05) is 12.3 Å². The Morgan fingerprint density at radius 1 is 1.21 bits per heavy atom. The number of methoxy groups -OCH3 is 1. The normalized spacial score (nSPS) is 11.1. The Hall–Kier alpha value is -3.00. The Morgan fingerprint density at radius 3 is 3.00 bits per heavy atom. The van der Waals surface area contributed by atoms with Crippen LogP contribution in [0.25, 0.3) is 16.7 Å². The average Bonchev–Trinajstić information content (AvgIpc) is 3.01. The van der Waals surface area contributed by atoms with Crippen LogP contribution in [0.3, 0.4) is 0 Å². The van der Waals surface area contributed by atoms with Gasteiger partial charge in [-0.15, -0.1) is 10.2 Å². The minimum Gasteiger partial charge on any atom is -0.495 e. The van der Waals surface area contributed by atoms with E-state index in [0.717, 1.165) is 16.7 Å². The second kappa shape index (κ2) is 5.89. The molecule has 0 aromatic carbocycles. The van der Waals surface area contributed by atoms with Gasteiger partial charge in [-0.25, -0.2) is 4.98 Å². The van der Waals surface area contributed by atoms with E-state index in [1.165, 1.54) is 0 Å². The average molecular weight is 342 g/mol. The van der Waals surface area contributed by atoms with Crippen molar-refractivity contribution in [2.75, 3.05) is 12.4 Å². The molecule has 0 saturated carbocycles. The van der Waals surface area contributed by atoms with Crippen LogP contribution in [0, 0.1) is 0 Å². The van der Waals surface area contributed by atoms with Crippen LogP contribution in [-0.4, -0.2) is 36.9 Å². The molecule has 4 aromatic heterocycles. The molecule has 0 spiro atoms. The zero-order valence-corrected chi connectivity index (χ0v) is 13.4. The summed E-state index contributed by atoms with van der Waals surface area (Å²) < 4.78 is 6.78. The van der Waals surface area contributed by atoms with Gasteiger partial charge in [-0.1, -0.05) is 11.6 Å². The van der Waals surface area contributed by atoms with Crippen LogP contribution in [-0.2, 0) is 6.54 Å². The fourth-order valence-corrected chi connectivity index (χ4v) is 2.50. The van der Waals surface area contributed by atoms with Crippen molar-refractivity contribution in [3.8, 4) is 5.75 Å². The Morgan fingerprint density at radius 2 is 2.12 bits per heavy atom. The molecule has 0 saturated heterocycles. The third-order valence-electron chi connectivity index (χ3n) is 3.52. The number of fused-ring (bicyclic) bond motifs is 2. The maximum Gasteiger partial charge on any atom is 0.178 e. The van der Waals surface area contributed by atoms with Crippen molar-refractivity contribution in [3.63, 3.8) is 0 Å². The highest BCUT2D eigenvalue weighted by Crippen LogP contribution is 2.23. The molecule has 24 heavy (non-hydrogen) atoms. The Kier molecular flexibility index (Phi) is 3.58. The summed E-state index contributed by atoms with van der Waals surface area (Å²) in [5.74, 6) is 1.31. The second-order valence-electron chi connectivity index (χ2n) is 5.00. The molecule has 0 unspecified atom stereocenters. The van der Waals surface area contributed by atoms with E-state index in [9.17, 15) is 0 Å². The number of rotatable bonds is 4. The van der Waals surface area contributed by atoms with Gasteiger partial charge in [0.25, 0.3) is 0 Å². The van der Waals surface area contributed by atoms with Gasteiger partial charge in [0.15, 0.2) is 11.5 Å². The van der Waals surface area contributed by atoms with E-state index in [1.54, 1.807) is 36.2 Å². The monoisotopic (exact) mass is 341 g/mol. The van der Waals surface area contributed by atoms with Crippen LogP contribution < -0.4 is 10.1 Å². The second-order valence-corrected chi connectivity index (χ2v) is 5.38. The Labute approximate surface area is 141 Å². The molecule has 4 heterocycles. The molecule has 1 N–H and O–H groups in total. The molecular formula is C15H12ClN7O. The summed E-state index contributed by atoms with van der Waals surface area (Å²) in [6.45, 7) is 0.418. The quantitative estimate of drug-likeness (QED) is 0.609. The van der Waals surface area contributed by atoms with Crippen molar-refractivity contribution >= 4 is 34.0 Å². The highest BCUT2D eigenvalue weighted by molar-refractivity contribution is 6.29. The lowest BCUT2D eigenvalue weighted by molar-refractivity contribution is 0.413. The number of aromatic nitrogens is 6. The summed E-state index contributed by atoms with van der Waals surface area (Å²) in [4.78, 5) is 8.71. The first-order chi connectivity index (χ1) is 11.7. The van der Waals surface area contributed by atoms with Crippen LogP contribution in [0.1, 0.15) is 5.82 Å². The zero-order chi connectivity index (χ0) is 16.5. The Balaban J connectivity index is 1.65. The van der Waals surface area contributed by atoms with Crippen molar-refractivity contribution in [2.24, 2.45) is 0 Å². The number of ether oxygens (including phenoxy) is 1. The van der Waals surface area contributed by atoms with Crippen LogP contribution in [0.2, 0.25) is 5.15 Å². The molecule has 0 radical (unpaired) electrons. The van der Waals surface area contributed by atoms with Crippen molar-refractivity contribution in [1.82, 2.24) is 29.8 Å². The minimum absolute atomic E-state index is 0.381. The highest BCUT2D eigenvalue weighted by Gasteiger charge is 2.09. The SMILES string of the molecule is COc1cnc2c(NCc3nnc4ccc(Cl)nn34)ccnc2c1. The molecule has 0 amide bonds. The minimum atomic E-state index is 0.381. The molecule has 9 heteroatoms. The van der Waals surface area contributed by atoms with Crippen LogP contribution >= 0.6 is 11.6 Å². The van der Waals surface area contributed by atoms with Gasteiger partial charge in [0.1, 0.15) is 16.4 Å². The third kappa shape index (κ3) is 2.56. The van der Waals surface area contributed by atoms with Crippen molar-refractivity contribution in [2.45, 2.75) is 6.54 Å². The molecule has 0 aliphatic heterocycles. The summed E-state index contributed by atoms with van der Waals surface area (Å²) in [6, 6.07) is 7.13. The number of nitrogens with one attached hydrogen (secondary N) is 1. The molecule has 0 atom stereocenters. The molecule has 0 fully saturated rings. The lowest BCUT2D eigenvalue weighted by atomic mass is 10.2. The first-order valence-corrected chi connectivity index (χ1v) is 7.52. The van der Waals surface area contributed by atoms with Gasteiger partial charge in [-0.3, -0.25) is 4.98 Å². The van der Waals surface area contributed by atoms with Crippen LogP contribution in [0.5, 0.6) is 5.75 Å². The number of nitrogens with zero attached hydrogens (tertiary/aromatic N) is 6. The van der Waals surface area contributed by atoms with Crippen molar-refractivity contribution in [3.05, 3.63) is 47.6 Å². The number of hydrogen-bond acceptors (Lipinski definition) is 7. The molecule has 0 aliphatic carbocycles. The van der Waals surface area contributed by atoms with Gasteiger partial charge in [-0.05, 0) is 18.2 Å². The van der Waals surface area contributed by atoms with Crippen molar-refractivity contribution < 1.29 is 4.74 Å². The van der Waals surface area contributed by atoms with Crippen molar-refractivity contribution in [1.29, 1.82) is 0 Å². The summed E-state index contributed by atoms with van der Waals surface area (Å²) in [6.07, 6.45) is 3.37. The third-order valence-corrected chi connectivity index (χ3v) is 3.72. The van der Waals surface area contributed by atoms with E-state index >= 15 is 0 Å². The Bertz CT molecular complexity index is 1030. The van der Waals surface area contributed by atoms with E-state index in [0.29, 0.717) is 28.9 Å². The topological polar surface area (TPSA) is 90.1 Å². The fourth-order valence-electron chi connectivity index (χ4n) is 2.36. The van der Waals surface area contributed by atoms with E-state index in [1.807, 2.05) is 12.1 Å². The predicted octanol–water partition coefficient (Wildman–Crippen LogP) is 2.34. The summed E-state index contributed by atoms with van der Waals surface area (Å²) in [5, 5.41) is 16.1. The summed E-state index contributed by atoms with van der Waals surface area (Å²) in [5.41, 5.74) is 2.96. The molecule has 0 aliphatic rings. The van der Waals surface area contributed by atoms with E-state index in [-0.39, 0.29) is 0 Å². The molecule has 8 nitrogen and oxygen atoms in total. The van der Waals surface area contributed by atoms with Gasteiger partial charge >= 0.3 is 0 Å². The first kappa shape index (κ1) is 14.6. The standard InChI is InChI=1S/C15H12ClN7O/c1-24-9-6-11-15(19-7-9)10(4-5-17-11)18-8-14-21-20-13-3-2-12(16)22-23(13)14/h2-7H,8H2,1H3,(H,17,18). The highest BCUT2D eigenvalue weighted by atomic mass is 35.5. The number of halogens is 1. The molecule has 120 valence electrons. The summed E-state index contributed by atoms with van der Waals surface area (Å²) >= 11 is 5.93. The lowest BCUT2D eigenvalue weighted by Crippen LogP contribution is -2.07. The fraction of sp³-hybridized carbons (Fsp3) is 0.133. The van der Waals surface area contributed by atoms with Gasteiger partial charge in [-0.2, -0.15) is 9.61 Å². The number of hydrogen-bond donors (Lipinski definition) is 1. The van der Waals surface area contributed by atoms with E-state index in [4.69, 9.17) is 16.3 Å². The summed E-state index contributed by atoms with van der Waals surface area (Å²) in [7, 11) is 1.60. The predicted molar refractivity (Wildman–Crippen MR) is 89.2 cm³/mol. The maximum absolute atomic E-state index is 5.93. The largest absolute Gasteiger partial charge is 0.495 e. The van der Waals surface area contributed by atoms with Crippen LogP contribution in [0.15, 0.2) is 36.7 Å². The number of pyridine rings is 2. The van der Waals surface area contributed by atoms with E-state index in [2.05, 4.69) is 30.6 Å². The smallest absolute Gasteiger partial charge is 0.178 e. The van der Waals surface area contributed by atoms with Gasteiger partial charge < -0.3 is 10.1 Å². The number of anilines is 1. The van der Waals surface area contributed by atoms with Gasteiger partial charge in [0.05, 0.1) is 31.1 Å². The van der Waals surface area contributed by atoms with E-state index < -0.39 is 0 Å². The molecule has 4 rings (SSSR count). The van der Waals surface area contributed by atoms with Gasteiger partial charge in [0.2, 0.25) is 0 Å². The molecule has 4 aromatic rings. The maximum atomic E-state index is 5.93. The molecular weight excluding hydrogens is 330 g/mol. The zero-order valence-electron chi connectivity index (χ0n) is 12.6. The molecule has 0 bridgehead atoms. The first-order valence-electron chi connectivity index (χ1n) is 7.14. The van der Waals surface area contributed by atoms with Crippen LogP contribution in [0.4, 0.5) is 5.69 Å². The lowest BCUT2D eigenvalue weighted by Gasteiger charge is -2.08.